The molecule has 0 heterocycles. The molecule has 0 unspecified atom stereocenters. The van der Waals surface area contributed by atoms with Gasteiger partial charge in [-0.25, -0.2) is 9.59 Å². The topological polar surface area (TPSA) is 326 Å². The van der Waals surface area contributed by atoms with Crippen LogP contribution in [0.3, 0.4) is 0 Å². The third-order valence-corrected chi connectivity index (χ3v) is 9.69. The summed E-state index contributed by atoms with van der Waals surface area (Å²) in [5.41, 5.74) is -2.70. The molecule has 0 atom stereocenters. The Bertz CT molecular complexity index is 2730. The maximum atomic E-state index is 12.4. The molecule has 19 nitrogen and oxygen atoms in total. The van der Waals surface area contributed by atoms with E-state index in [1.54, 1.807) is 0 Å². The van der Waals surface area contributed by atoms with Crippen molar-refractivity contribution in [1.82, 2.24) is 0 Å². The number of phenolic OH excluding ortho intramolecular Hbond substituents is 2. The van der Waals surface area contributed by atoms with E-state index in [2.05, 4.69) is 25.8 Å². The second-order valence-electron chi connectivity index (χ2n) is 11.4. The van der Waals surface area contributed by atoms with Gasteiger partial charge in [0.1, 0.15) is 43.7 Å². The van der Waals surface area contributed by atoms with Gasteiger partial charge in [-0.2, -0.15) is 16.8 Å². The minimum atomic E-state index is -5.07. The van der Waals surface area contributed by atoms with E-state index in [9.17, 15) is 66.2 Å². The van der Waals surface area contributed by atoms with Crippen molar-refractivity contribution < 1.29 is 100 Å². The first-order valence-electron chi connectivity index (χ1n) is 15.1. The molecule has 0 amide bonds. The molecule has 0 aliphatic rings. The van der Waals surface area contributed by atoms with Gasteiger partial charge in [-0.15, -0.1) is 20.5 Å². The van der Waals surface area contributed by atoms with Gasteiger partial charge in [-0.05, 0) is 83.6 Å². The van der Waals surface area contributed by atoms with Crippen LogP contribution in [0.1, 0.15) is 20.7 Å². The fourth-order valence-electron chi connectivity index (χ4n) is 5.39. The molecule has 6 aromatic carbocycles. The Morgan fingerprint density at radius 3 is 1.21 bits per heavy atom. The summed E-state index contributed by atoms with van der Waals surface area (Å²) in [7, 11) is -10.1. The molecule has 0 saturated carbocycles. The zero-order chi connectivity index (χ0) is 40.0. The van der Waals surface area contributed by atoms with Gasteiger partial charge in [0.25, 0.3) is 20.2 Å². The van der Waals surface area contributed by atoms with E-state index in [0.717, 1.165) is 24.3 Å². The Labute approximate surface area is 341 Å². The Hall–Kier alpha value is -6.16. The van der Waals surface area contributed by atoms with Crippen molar-refractivity contribution in [2.75, 3.05) is 5.32 Å². The minimum Gasteiger partial charge on any atom is -0.505 e. The van der Waals surface area contributed by atoms with Crippen LogP contribution in [0.4, 0.5) is 34.1 Å². The Morgan fingerprint density at radius 2 is 0.877 bits per heavy atom. The van der Waals surface area contributed by atoms with Crippen LogP contribution < -0.4 is 5.32 Å². The van der Waals surface area contributed by atoms with E-state index in [1.807, 2.05) is 0 Å². The smallest absolute Gasteiger partial charge is 0.339 e. The van der Waals surface area contributed by atoms with Gasteiger partial charge < -0.3 is 36.0 Å². The molecular weight excluding hydrogens is 894 g/mol. The van der Waals surface area contributed by atoms with Gasteiger partial charge in [0, 0.05) is 56.3 Å². The van der Waals surface area contributed by atoms with Crippen molar-refractivity contribution in [1.29, 1.82) is 0 Å². The van der Waals surface area contributed by atoms with Crippen LogP contribution in [-0.2, 0) is 54.4 Å². The molecule has 0 spiro atoms. The molecule has 0 aliphatic heterocycles. The predicted octanol–water partition coefficient (Wildman–Crippen LogP) is 7.27. The number of anilines is 2. The zero-order valence-electron chi connectivity index (χ0n) is 27.8. The first-order valence-corrected chi connectivity index (χ1v) is 18.0. The van der Waals surface area contributed by atoms with Crippen molar-refractivity contribution in [2.45, 2.75) is 9.79 Å². The monoisotopic (exact) mass is 915 g/mol. The van der Waals surface area contributed by atoms with E-state index in [0.29, 0.717) is 0 Å². The number of hydrogen-bond acceptors (Lipinski definition) is 15. The minimum absolute atomic E-state index is 0. The number of fused-ring (bicyclic) bond motifs is 2. The SMILES string of the molecule is O=C(O)c1cccc(N=Nc2c(S(=O)(=O)O)cc3cc(Nc4ccc5c(O)c(N=Nc6cccc(C(=O)O)c6O)c(S(=O)(=O)O)cc5c4)ccc3c2O)c1O.[Cu].[Cu]. The maximum absolute atomic E-state index is 12.4. The van der Waals surface area contributed by atoms with E-state index >= 15 is 0 Å². The average molecular weight is 917 g/mol. The van der Waals surface area contributed by atoms with Crippen LogP contribution in [0.5, 0.6) is 23.0 Å². The fraction of sp³-hybridized carbons (Fsp3) is 0. The molecular formula is C34H23Cu2N5O14S2. The summed E-state index contributed by atoms with van der Waals surface area (Å²) in [5, 5.41) is 78.9. The fourth-order valence-corrected chi connectivity index (χ4v) is 6.70. The molecule has 302 valence electrons. The Morgan fingerprint density at radius 1 is 0.509 bits per heavy atom. The summed E-state index contributed by atoms with van der Waals surface area (Å²) < 4.78 is 69.4. The molecule has 0 aromatic heterocycles. The third-order valence-electron chi connectivity index (χ3n) is 7.95. The van der Waals surface area contributed by atoms with Crippen molar-refractivity contribution in [3.8, 4) is 23.0 Å². The van der Waals surface area contributed by atoms with Crippen LogP contribution in [0.2, 0.25) is 0 Å². The number of phenols is 4. The summed E-state index contributed by atoms with van der Waals surface area (Å²) in [5.74, 6) is -6.01. The second-order valence-corrected chi connectivity index (χ2v) is 14.2. The first-order chi connectivity index (χ1) is 25.8. The molecule has 0 bridgehead atoms. The van der Waals surface area contributed by atoms with Gasteiger partial charge in [0.15, 0.2) is 23.0 Å². The van der Waals surface area contributed by atoms with E-state index in [4.69, 9.17) is 0 Å². The summed E-state index contributed by atoms with van der Waals surface area (Å²) in [6, 6.07) is 17.3. The molecule has 2 radical (unpaired) electrons. The summed E-state index contributed by atoms with van der Waals surface area (Å²) >= 11 is 0. The molecule has 57 heavy (non-hydrogen) atoms. The predicted molar refractivity (Wildman–Crippen MR) is 193 cm³/mol. The van der Waals surface area contributed by atoms with Crippen molar-refractivity contribution in [2.24, 2.45) is 20.5 Å². The van der Waals surface area contributed by atoms with Gasteiger partial charge >= 0.3 is 11.9 Å². The van der Waals surface area contributed by atoms with Crippen LogP contribution in [0.25, 0.3) is 21.5 Å². The van der Waals surface area contributed by atoms with Crippen molar-refractivity contribution in [3.63, 3.8) is 0 Å². The number of rotatable bonds is 10. The molecule has 9 N–H and O–H groups in total. The number of para-hydroxylation sites is 2. The van der Waals surface area contributed by atoms with Crippen LogP contribution >= 0.6 is 0 Å². The molecule has 0 fully saturated rings. The van der Waals surface area contributed by atoms with Crippen LogP contribution in [0.15, 0.2) is 115 Å². The molecule has 0 aliphatic carbocycles. The van der Waals surface area contributed by atoms with Gasteiger partial charge in [-0.3, -0.25) is 9.11 Å². The number of benzene rings is 6. The first kappa shape index (κ1) is 43.6. The number of carbonyl (C=O) groups is 2. The van der Waals surface area contributed by atoms with E-state index in [1.165, 1.54) is 60.7 Å². The van der Waals surface area contributed by atoms with E-state index in [-0.39, 0.29) is 78.4 Å². The summed E-state index contributed by atoms with van der Waals surface area (Å²) in [6.45, 7) is 0. The van der Waals surface area contributed by atoms with Crippen molar-refractivity contribution >= 4 is 87.8 Å². The number of azo groups is 2. The molecule has 0 saturated heterocycles. The molecule has 6 rings (SSSR count). The number of carboxylic acid groups (broad SMARTS) is 2. The largest absolute Gasteiger partial charge is 0.505 e. The number of aromatic hydroxyl groups is 4. The molecule has 6 aromatic rings. The summed E-state index contributed by atoms with van der Waals surface area (Å²) in [4.78, 5) is 20.9. The van der Waals surface area contributed by atoms with Gasteiger partial charge in [0.05, 0.1) is 0 Å². The number of hydrogen-bond donors (Lipinski definition) is 9. The standard InChI is InChI=1S/C34H23N5O14S2.2Cu/c40-29-21(33(44)45)3-1-5-23(29)36-38-27-25(54(48,49)50)13-15-11-17(7-9-19(15)31(27)42)35-18-8-10-20-16(12-18)14-26(55(51,52)53)28(32(20)43)39-37-24-6-2-4-22(30(24)41)34(46)47;;/h1-14,35,40-43H,(H,44,45)(H,46,47)(H,48,49,50)(H,51,52,53);;. The van der Waals surface area contributed by atoms with Crippen LogP contribution in [-0.4, -0.2) is 68.5 Å². The van der Waals surface area contributed by atoms with Crippen molar-refractivity contribution in [3.05, 3.63) is 96.1 Å². The normalized spacial score (nSPS) is 11.8. The molecule has 23 heteroatoms. The third kappa shape index (κ3) is 8.80. The average Bonchev–Trinajstić information content (AvgIpc) is 3.10. The number of nitrogens with one attached hydrogen (secondary N) is 1. The number of aromatic carboxylic acids is 2. The number of carboxylic acids is 2. The Balaban J connectivity index is 0.00000360. The van der Waals surface area contributed by atoms with Crippen LogP contribution in [0, 0.1) is 0 Å². The van der Waals surface area contributed by atoms with Gasteiger partial charge in [-0.1, -0.05) is 12.1 Å². The maximum Gasteiger partial charge on any atom is 0.339 e. The zero-order valence-corrected chi connectivity index (χ0v) is 31.3. The quantitative estimate of drug-likeness (QED) is 0.0370. The summed E-state index contributed by atoms with van der Waals surface area (Å²) in [6.07, 6.45) is 0. The Kier molecular flexibility index (Phi) is 12.6. The van der Waals surface area contributed by atoms with E-state index < -0.39 is 87.5 Å². The second kappa shape index (κ2) is 16.5. The van der Waals surface area contributed by atoms with Gasteiger partial charge in [0.2, 0.25) is 0 Å². The number of nitrogens with zero attached hydrogens (tertiary/aromatic N) is 4.